The van der Waals surface area contributed by atoms with Crippen LogP contribution in [0.2, 0.25) is 5.02 Å². The Morgan fingerprint density at radius 1 is 1.06 bits per heavy atom. The van der Waals surface area contributed by atoms with Crippen LogP contribution in [0.4, 0.5) is 13.2 Å². The number of alkyl halides is 3. The molecular weight excluding hydrogens is 631 g/mol. The van der Waals surface area contributed by atoms with Gasteiger partial charge in [-0.15, -0.1) is 0 Å². The molecule has 0 saturated heterocycles. The quantitative estimate of drug-likeness (QED) is 0.230. The summed E-state index contributed by atoms with van der Waals surface area (Å²) in [6.07, 6.45) is -2.34. The number of aromatic nitrogens is 6. The third kappa shape index (κ3) is 5.48. The van der Waals surface area contributed by atoms with Crippen LogP contribution in [-0.4, -0.2) is 46.2 Å². The predicted molar refractivity (Wildman–Crippen MR) is 170 cm³/mol. The van der Waals surface area contributed by atoms with Crippen molar-refractivity contribution in [1.29, 1.82) is 0 Å². The van der Waals surface area contributed by atoms with Gasteiger partial charge in [-0.1, -0.05) is 41.9 Å². The zero-order valence-corrected chi connectivity index (χ0v) is 26.0. The number of nitrogens with zero attached hydrogens (tertiary/aromatic N) is 6. The van der Waals surface area contributed by atoms with Crippen molar-refractivity contribution in [2.45, 2.75) is 45.5 Å². The highest BCUT2D eigenvalue weighted by molar-refractivity contribution is 6.31. The van der Waals surface area contributed by atoms with E-state index in [0.717, 1.165) is 28.8 Å². The number of hydrogen-bond acceptors (Lipinski definition) is 5. The topological polar surface area (TPSA) is 101 Å². The van der Waals surface area contributed by atoms with Crippen LogP contribution in [0.25, 0.3) is 22.7 Å². The molecule has 0 fully saturated rings. The number of nitrogens with one attached hydrogen (secondary N) is 1. The monoisotopic (exact) mass is 657 g/mol. The van der Waals surface area contributed by atoms with E-state index in [1.54, 1.807) is 22.2 Å². The van der Waals surface area contributed by atoms with Gasteiger partial charge in [-0.05, 0) is 68.3 Å². The molecule has 13 heteroatoms. The zero-order chi connectivity index (χ0) is 33.0. The molecule has 9 nitrogen and oxygen atoms in total. The number of benzene rings is 3. The van der Waals surface area contributed by atoms with E-state index in [9.17, 15) is 22.8 Å². The number of aryl methyl sites for hydroxylation is 1. The largest absolute Gasteiger partial charge is 0.417 e. The van der Waals surface area contributed by atoms with E-state index < -0.39 is 28.7 Å². The third-order valence-electron chi connectivity index (χ3n) is 8.44. The van der Waals surface area contributed by atoms with E-state index in [1.807, 2.05) is 61.5 Å². The molecule has 1 amide bonds. The summed E-state index contributed by atoms with van der Waals surface area (Å²) in [5, 5.41) is 11.3. The molecule has 1 aliphatic heterocycles. The molecule has 238 valence electrons. The minimum absolute atomic E-state index is 0.0263. The van der Waals surface area contributed by atoms with Crippen molar-refractivity contribution >= 4 is 23.2 Å². The molecular formula is C34H27ClF3N7O2. The van der Waals surface area contributed by atoms with Gasteiger partial charge < -0.3 is 4.90 Å². The molecule has 47 heavy (non-hydrogen) atoms. The van der Waals surface area contributed by atoms with Gasteiger partial charge in [-0.2, -0.15) is 23.4 Å². The molecule has 0 unspecified atom stereocenters. The fourth-order valence-corrected chi connectivity index (χ4v) is 6.33. The molecule has 4 heterocycles. The number of hydrogen-bond donors (Lipinski definition) is 1. The second-order valence-electron chi connectivity index (χ2n) is 11.6. The van der Waals surface area contributed by atoms with Crippen LogP contribution in [0.15, 0.2) is 83.8 Å². The first-order chi connectivity index (χ1) is 22.5. The summed E-state index contributed by atoms with van der Waals surface area (Å²) in [4.78, 5) is 34.0. The van der Waals surface area contributed by atoms with Gasteiger partial charge in [0.2, 0.25) is 0 Å². The van der Waals surface area contributed by atoms with Crippen molar-refractivity contribution in [3.8, 4) is 17.1 Å². The molecule has 0 bridgehead atoms. The second-order valence-corrected chi connectivity index (χ2v) is 12.0. The van der Waals surface area contributed by atoms with Gasteiger partial charge in [-0.25, -0.2) is 9.50 Å². The maximum atomic E-state index is 14.4. The van der Waals surface area contributed by atoms with Crippen LogP contribution < -0.4 is 5.56 Å². The Morgan fingerprint density at radius 2 is 1.81 bits per heavy atom. The van der Waals surface area contributed by atoms with Crippen LogP contribution in [0.1, 0.15) is 51.1 Å². The van der Waals surface area contributed by atoms with Gasteiger partial charge in [0, 0.05) is 34.7 Å². The summed E-state index contributed by atoms with van der Waals surface area (Å²) < 4.78 is 44.1. The molecule has 0 saturated carbocycles. The number of amides is 1. The lowest BCUT2D eigenvalue weighted by Gasteiger charge is -2.35. The Morgan fingerprint density at radius 3 is 2.49 bits per heavy atom. The van der Waals surface area contributed by atoms with Gasteiger partial charge in [-0.3, -0.25) is 19.3 Å². The number of halogens is 4. The Hall–Kier alpha value is -5.23. The average molecular weight is 658 g/mol. The number of rotatable bonds is 5. The molecule has 1 N–H and O–H groups in total. The van der Waals surface area contributed by atoms with Crippen molar-refractivity contribution in [3.05, 3.63) is 134 Å². The lowest BCUT2D eigenvalue weighted by Crippen LogP contribution is -2.46. The van der Waals surface area contributed by atoms with Gasteiger partial charge >= 0.3 is 6.18 Å². The summed E-state index contributed by atoms with van der Waals surface area (Å²) in [7, 11) is 0. The van der Waals surface area contributed by atoms with Crippen molar-refractivity contribution in [1.82, 2.24) is 34.3 Å². The predicted octanol–water partition coefficient (Wildman–Crippen LogP) is 6.43. The molecule has 3 aromatic carbocycles. The van der Waals surface area contributed by atoms with Crippen LogP contribution in [0.3, 0.4) is 0 Å². The SMILES string of the molecule is Cc1nc(-c2ccc(-n3c(=O)c4c(n5ncc(Cc6ccccc6)c35)CN(C(=O)c3ccc(Cl)c(C(F)(F)F)c3)[C@@H](C)C4)cc2)n[nH]1. The number of aromatic amines is 1. The summed E-state index contributed by atoms with van der Waals surface area (Å²) in [5.74, 6) is 0.616. The zero-order valence-electron chi connectivity index (χ0n) is 25.2. The first kappa shape index (κ1) is 30.4. The van der Waals surface area contributed by atoms with E-state index in [0.29, 0.717) is 40.7 Å². The van der Waals surface area contributed by atoms with E-state index >= 15 is 0 Å². The van der Waals surface area contributed by atoms with Crippen molar-refractivity contribution in [2.75, 3.05) is 0 Å². The lowest BCUT2D eigenvalue weighted by molar-refractivity contribution is -0.137. The van der Waals surface area contributed by atoms with Gasteiger partial charge in [0.1, 0.15) is 11.5 Å². The van der Waals surface area contributed by atoms with E-state index in [1.165, 1.54) is 11.0 Å². The normalized spacial score (nSPS) is 14.9. The van der Waals surface area contributed by atoms with Crippen LogP contribution in [0, 0.1) is 6.92 Å². The van der Waals surface area contributed by atoms with Crippen molar-refractivity contribution < 1.29 is 18.0 Å². The summed E-state index contributed by atoms with van der Waals surface area (Å²) in [6.45, 7) is 3.56. The third-order valence-corrected chi connectivity index (χ3v) is 8.77. The lowest BCUT2D eigenvalue weighted by atomic mass is 9.97. The molecule has 0 spiro atoms. The van der Waals surface area contributed by atoms with Crippen LogP contribution >= 0.6 is 11.6 Å². The van der Waals surface area contributed by atoms with Gasteiger partial charge in [0.05, 0.1) is 34.7 Å². The maximum absolute atomic E-state index is 14.4. The van der Waals surface area contributed by atoms with Crippen LogP contribution in [-0.2, 0) is 25.6 Å². The Bertz CT molecular complexity index is 2210. The minimum Gasteiger partial charge on any atom is -0.330 e. The average Bonchev–Trinajstić information content (AvgIpc) is 3.67. The highest BCUT2D eigenvalue weighted by Gasteiger charge is 2.36. The van der Waals surface area contributed by atoms with Crippen molar-refractivity contribution in [3.63, 3.8) is 0 Å². The van der Waals surface area contributed by atoms with Gasteiger partial charge in [0.15, 0.2) is 5.82 Å². The van der Waals surface area contributed by atoms with E-state index in [2.05, 4.69) is 15.2 Å². The summed E-state index contributed by atoms with van der Waals surface area (Å²) in [6, 6.07) is 19.8. The summed E-state index contributed by atoms with van der Waals surface area (Å²) in [5.41, 5.74) is 3.22. The van der Waals surface area contributed by atoms with Crippen molar-refractivity contribution in [2.24, 2.45) is 0 Å². The second kappa shape index (κ2) is 11.5. The van der Waals surface area contributed by atoms with E-state index in [4.69, 9.17) is 16.7 Å². The highest BCUT2D eigenvalue weighted by atomic mass is 35.5. The molecule has 6 aromatic rings. The number of fused-ring (bicyclic) bond motifs is 3. The molecule has 0 aliphatic carbocycles. The maximum Gasteiger partial charge on any atom is 0.417 e. The molecule has 1 atom stereocenters. The fraction of sp³-hybridized carbons (Fsp3) is 0.206. The first-order valence-corrected chi connectivity index (χ1v) is 15.2. The fourth-order valence-electron chi connectivity index (χ4n) is 6.11. The molecule has 0 radical (unpaired) electrons. The number of carbonyl (C=O) groups excluding carboxylic acids is 1. The molecule has 1 aliphatic rings. The highest BCUT2D eigenvalue weighted by Crippen LogP contribution is 2.36. The number of H-pyrrole nitrogens is 1. The minimum atomic E-state index is -4.72. The summed E-state index contributed by atoms with van der Waals surface area (Å²) >= 11 is 5.81. The first-order valence-electron chi connectivity index (χ1n) is 14.8. The standard InChI is InChI=1S/C34H27ClF3N7O2/c1-19-14-26-29(18-43(19)32(46)23-10-13-28(35)27(16-23)34(36,37)38)45-31(24(17-39-45)15-21-6-4-3-5-7-21)44(33(26)47)25-11-8-22(9-12-25)30-40-20(2)41-42-30/h3-13,16-17,19H,14-15,18H2,1-2H3,(H,40,41,42)/t19-/m0/s1. The smallest absolute Gasteiger partial charge is 0.330 e. The molecule has 3 aromatic heterocycles. The Balaban J connectivity index is 1.35. The molecule has 7 rings (SSSR count). The number of carbonyl (C=O) groups is 1. The van der Waals surface area contributed by atoms with E-state index in [-0.39, 0.29) is 24.1 Å². The van der Waals surface area contributed by atoms with Crippen LogP contribution in [0.5, 0.6) is 0 Å². The Labute approximate surface area is 271 Å². The van der Waals surface area contributed by atoms with Gasteiger partial charge in [0.25, 0.3) is 11.5 Å². The Kier molecular flexibility index (Phi) is 7.47.